The van der Waals surface area contributed by atoms with Gasteiger partial charge in [-0.25, -0.2) is 4.79 Å². The number of carbonyl (C=O) groups excluding carboxylic acids is 1. The highest BCUT2D eigenvalue weighted by molar-refractivity contribution is 6.84. The molecule has 1 saturated carbocycles. The maximum Gasteiger partial charge on any atom is 0.384 e. The van der Waals surface area contributed by atoms with Crippen LogP contribution >= 0.6 is 0 Å². The highest BCUT2D eigenvalue weighted by Crippen LogP contribution is 2.34. The van der Waals surface area contributed by atoms with Crippen LogP contribution in [0.4, 0.5) is 0 Å². The van der Waals surface area contributed by atoms with Gasteiger partial charge in [-0.05, 0) is 24.8 Å². The molecule has 2 atom stereocenters. The molecule has 0 radical (unpaired) electrons. The van der Waals surface area contributed by atoms with Crippen molar-refractivity contribution in [2.45, 2.75) is 57.3 Å². The minimum absolute atomic E-state index is 0.0235. The van der Waals surface area contributed by atoms with Crippen LogP contribution in [0.2, 0.25) is 19.6 Å². The first-order valence-electron chi connectivity index (χ1n) is 7.74. The van der Waals surface area contributed by atoms with Crippen LogP contribution in [0.25, 0.3) is 0 Å². The predicted molar refractivity (Wildman–Crippen MR) is 88.7 cm³/mol. The largest absolute Gasteiger partial charge is 0.452 e. The van der Waals surface area contributed by atoms with E-state index < -0.39 is 8.07 Å². The van der Waals surface area contributed by atoms with Crippen LogP contribution in [0.15, 0.2) is 30.3 Å². The lowest BCUT2D eigenvalue weighted by Crippen LogP contribution is -2.28. The van der Waals surface area contributed by atoms with Crippen molar-refractivity contribution >= 4 is 14.0 Å². The normalized spacial score (nSPS) is 22.0. The molecule has 1 aliphatic carbocycles. The summed E-state index contributed by atoms with van der Waals surface area (Å²) in [6.07, 6.45) is 4.34. The summed E-state index contributed by atoms with van der Waals surface area (Å²) in [5.74, 6) is 2.65. The Hall–Kier alpha value is -1.53. The summed E-state index contributed by atoms with van der Waals surface area (Å²) in [6, 6.07) is 10.4. The molecule has 0 N–H and O–H groups in total. The standard InChI is InChI=1S/C18H24O2Si/c1-21(2,3)14-13-18(19)20-17-12-8-7-11-16(17)15-9-5-4-6-10-15/h4-6,9-10,16-17H,7-8,11-12H2,1-3H3/t16-,17+/m1/s1. The van der Waals surface area contributed by atoms with Crippen LogP contribution in [-0.4, -0.2) is 20.1 Å². The highest BCUT2D eigenvalue weighted by Gasteiger charge is 2.29. The average Bonchev–Trinajstić information content (AvgIpc) is 2.46. The molecular formula is C18H24O2Si. The van der Waals surface area contributed by atoms with Gasteiger partial charge in [0, 0.05) is 11.8 Å². The van der Waals surface area contributed by atoms with Gasteiger partial charge in [-0.2, -0.15) is 0 Å². The summed E-state index contributed by atoms with van der Waals surface area (Å²) >= 11 is 0. The topological polar surface area (TPSA) is 26.3 Å². The molecule has 0 bridgehead atoms. The van der Waals surface area contributed by atoms with Crippen LogP contribution < -0.4 is 0 Å². The molecule has 1 aromatic rings. The van der Waals surface area contributed by atoms with Gasteiger partial charge in [-0.15, -0.1) is 5.54 Å². The van der Waals surface area contributed by atoms with Crippen molar-refractivity contribution in [1.29, 1.82) is 0 Å². The number of benzene rings is 1. The smallest absolute Gasteiger partial charge is 0.384 e. The molecular weight excluding hydrogens is 276 g/mol. The lowest BCUT2D eigenvalue weighted by Gasteiger charge is -2.30. The summed E-state index contributed by atoms with van der Waals surface area (Å²) < 4.78 is 5.66. The molecule has 0 spiro atoms. The first kappa shape index (κ1) is 15.8. The zero-order valence-corrected chi connectivity index (χ0v) is 14.2. The van der Waals surface area contributed by atoms with Crippen LogP contribution in [0.5, 0.6) is 0 Å². The van der Waals surface area contributed by atoms with Crippen molar-refractivity contribution in [3.8, 4) is 11.5 Å². The molecule has 1 fully saturated rings. The Morgan fingerprint density at radius 2 is 1.81 bits per heavy atom. The first-order chi connectivity index (χ1) is 9.96. The Labute approximate surface area is 128 Å². The summed E-state index contributed by atoms with van der Waals surface area (Å²) in [5.41, 5.74) is 4.35. The van der Waals surface area contributed by atoms with E-state index in [0.717, 1.165) is 19.3 Å². The molecule has 21 heavy (non-hydrogen) atoms. The molecule has 1 aromatic carbocycles. The fourth-order valence-corrected chi connectivity index (χ4v) is 3.20. The number of carbonyl (C=O) groups is 1. The van der Waals surface area contributed by atoms with Crippen molar-refractivity contribution < 1.29 is 9.53 Å². The maximum atomic E-state index is 12.0. The molecule has 2 nitrogen and oxygen atoms in total. The van der Waals surface area contributed by atoms with E-state index in [4.69, 9.17) is 4.74 Å². The molecule has 0 unspecified atom stereocenters. The first-order valence-corrected chi connectivity index (χ1v) is 11.2. The van der Waals surface area contributed by atoms with E-state index in [9.17, 15) is 4.79 Å². The van der Waals surface area contributed by atoms with Crippen molar-refractivity contribution in [3.63, 3.8) is 0 Å². The van der Waals surface area contributed by atoms with Gasteiger partial charge in [0.1, 0.15) is 14.2 Å². The Balaban J connectivity index is 2.06. The molecule has 0 saturated heterocycles. The van der Waals surface area contributed by atoms with Crippen molar-refractivity contribution in [1.82, 2.24) is 0 Å². The zero-order chi connectivity index (χ0) is 15.3. The SMILES string of the molecule is C[Si](C)(C)C#CC(=O)O[C@H]1CCCC[C@@H]1c1ccccc1. The van der Waals surface area contributed by atoms with Crippen molar-refractivity contribution in [2.24, 2.45) is 0 Å². The molecule has 0 amide bonds. The summed E-state index contributed by atoms with van der Waals surface area (Å²) in [4.78, 5) is 12.0. The van der Waals surface area contributed by atoms with E-state index in [1.807, 2.05) is 18.2 Å². The number of esters is 1. The van der Waals surface area contributed by atoms with Gasteiger partial charge in [0.25, 0.3) is 0 Å². The van der Waals surface area contributed by atoms with Gasteiger partial charge < -0.3 is 4.74 Å². The molecule has 0 aliphatic heterocycles. The fraction of sp³-hybridized carbons (Fsp3) is 0.500. The highest BCUT2D eigenvalue weighted by atomic mass is 28.3. The second kappa shape index (κ2) is 6.95. The van der Waals surface area contributed by atoms with E-state index in [0.29, 0.717) is 5.92 Å². The van der Waals surface area contributed by atoms with E-state index in [2.05, 4.69) is 43.2 Å². The molecule has 1 aliphatic rings. The summed E-state index contributed by atoms with van der Waals surface area (Å²) in [5, 5.41) is 0. The van der Waals surface area contributed by atoms with E-state index in [1.54, 1.807) is 0 Å². The second-order valence-corrected chi connectivity index (χ2v) is 11.5. The number of hydrogen-bond acceptors (Lipinski definition) is 2. The van der Waals surface area contributed by atoms with Crippen LogP contribution in [0, 0.1) is 11.5 Å². The Bertz CT molecular complexity index is 534. The Morgan fingerprint density at radius 1 is 1.14 bits per heavy atom. The zero-order valence-electron chi connectivity index (χ0n) is 13.2. The van der Waals surface area contributed by atoms with Gasteiger partial charge in [0.05, 0.1) is 0 Å². The minimum Gasteiger partial charge on any atom is -0.452 e. The van der Waals surface area contributed by atoms with Gasteiger partial charge in [0.2, 0.25) is 0 Å². The van der Waals surface area contributed by atoms with Crippen LogP contribution in [0.1, 0.15) is 37.2 Å². The lowest BCUT2D eigenvalue weighted by molar-refractivity contribution is -0.144. The molecule has 0 aromatic heterocycles. The van der Waals surface area contributed by atoms with Gasteiger partial charge in [-0.3, -0.25) is 0 Å². The van der Waals surface area contributed by atoms with E-state index in [1.165, 1.54) is 12.0 Å². The van der Waals surface area contributed by atoms with E-state index in [-0.39, 0.29) is 12.1 Å². The van der Waals surface area contributed by atoms with E-state index >= 15 is 0 Å². The lowest BCUT2D eigenvalue weighted by atomic mass is 9.81. The molecule has 112 valence electrons. The third-order valence-corrected chi connectivity index (χ3v) is 4.60. The summed E-state index contributed by atoms with van der Waals surface area (Å²) in [7, 11) is -1.53. The summed E-state index contributed by atoms with van der Waals surface area (Å²) in [6.45, 7) is 6.38. The Kier molecular flexibility index (Phi) is 5.25. The molecule has 2 rings (SSSR count). The number of rotatable bonds is 2. The number of hydrogen-bond donors (Lipinski definition) is 0. The second-order valence-electron chi connectivity index (χ2n) is 6.75. The molecule has 3 heteroatoms. The third-order valence-electron chi connectivity index (χ3n) is 3.73. The quantitative estimate of drug-likeness (QED) is 0.466. The minimum atomic E-state index is -1.53. The van der Waals surface area contributed by atoms with Crippen LogP contribution in [-0.2, 0) is 9.53 Å². The fourth-order valence-electron chi connectivity index (χ4n) is 2.72. The van der Waals surface area contributed by atoms with Gasteiger partial charge in [0.15, 0.2) is 0 Å². The molecule has 0 heterocycles. The average molecular weight is 300 g/mol. The van der Waals surface area contributed by atoms with Crippen molar-refractivity contribution in [3.05, 3.63) is 35.9 Å². The number of ether oxygens (including phenoxy) is 1. The predicted octanol–water partition coefficient (Wildman–Crippen LogP) is 4.14. The maximum absolute atomic E-state index is 12.0. The monoisotopic (exact) mass is 300 g/mol. The van der Waals surface area contributed by atoms with Gasteiger partial charge in [-0.1, -0.05) is 56.4 Å². The van der Waals surface area contributed by atoms with Crippen LogP contribution in [0.3, 0.4) is 0 Å². The van der Waals surface area contributed by atoms with Crippen molar-refractivity contribution in [2.75, 3.05) is 0 Å². The van der Waals surface area contributed by atoms with Gasteiger partial charge >= 0.3 is 5.97 Å². The third kappa shape index (κ3) is 5.06. The Morgan fingerprint density at radius 3 is 2.48 bits per heavy atom.